The maximum Gasteiger partial charge on any atom is 0.171 e. The maximum atomic E-state index is 6.31. The van der Waals surface area contributed by atoms with Crippen molar-refractivity contribution in [3.05, 3.63) is 62.1 Å². The molecule has 3 aromatic rings. The quantitative estimate of drug-likeness (QED) is 0.551. The van der Waals surface area contributed by atoms with Gasteiger partial charge in [-0.15, -0.1) is 0 Å². The summed E-state index contributed by atoms with van der Waals surface area (Å²) in [6.07, 6.45) is 0. The number of nitrogens with zero attached hydrogens (tertiary/aromatic N) is 4. The number of benzene rings is 1. The molecule has 0 saturated heterocycles. The van der Waals surface area contributed by atoms with Crippen molar-refractivity contribution in [1.29, 1.82) is 0 Å². The molecule has 9 heteroatoms. The zero-order chi connectivity index (χ0) is 21.3. The largest absolute Gasteiger partial charge is 0.358 e. The van der Waals surface area contributed by atoms with E-state index >= 15 is 0 Å². The van der Waals surface area contributed by atoms with Gasteiger partial charge in [0.1, 0.15) is 0 Å². The Kier molecular flexibility index (Phi) is 6.51. The number of rotatable bonds is 5. The van der Waals surface area contributed by atoms with E-state index in [-0.39, 0.29) is 0 Å². The Morgan fingerprint density at radius 1 is 1.07 bits per heavy atom. The molecule has 1 aromatic carbocycles. The fourth-order valence-electron chi connectivity index (χ4n) is 3.24. The molecule has 2 aromatic heterocycles. The molecule has 6 nitrogen and oxygen atoms in total. The smallest absolute Gasteiger partial charge is 0.171 e. The van der Waals surface area contributed by atoms with Crippen LogP contribution in [0.5, 0.6) is 0 Å². The molecular weight excluding hydrogens is 427 g/mol. The second kappa shape index (κ2) is 8.73. The minimum Gasteiger partial charge on any atom is -0.358 e. The van der Waals surface area contributed by atoms with Crippen molar-refractivity contribution in [2.45, 2.75) is 40.8 Å². The summed E-state index contributed by atoms with van der Waals surface area (Å²) in [7, 11) is 1.94. The van der Waals surface area contributed by atoms with E-state index in [0.717, 1.165) is 39.6 Å². The van der Waals surface area contributed by atoms with Crippen molar-refractivity contribution in [1.82, 2.24) is 24.9 Å². The van der Waals surface area contributed by atoms with Crippen LogP contribution < -0.4 is 10.6 Å². The highest BCUT2D eigenvalue weighted by atomic mass is 35.5. The van der Waals surface area contributed by atoms with E-state index in [2.05, 4.69) is 20.8 Å². The number of halogens is 2. The SMILES string of the molecule is Cc1nn(C)c(C)c1CNC(=S)Nc1c(C)nn(Cc2ccc(Cl)cc2Cl)c1C. The van der Waals surface area contributed by atoms with Crippen LogP contribution in [0.25, 0.3) is 0 Å². The molecule has 154 valence electrons. The number of thiocarbonyl (C=S) groups is 1. The Hall–Kier alpha value is -2.09. The summed E-state index contributed by atoms with van der Waals surface area (Å²) in [6, 6.07) is 5.48. The van der Waals surface area contributed by atoms with Gasteiger partial charge in [-0.1, -0.05) is 29.3 Å². The van der Waals surface area contributed by atoms with Gasteiger partial charge in [-0.2, -0.15) is 10.2 Å². The highest BCUT2D eigenvalue weighted by Crippen LogP contribution is 2.25. The lowest BCUT2D eigenvalue weighted by Gasteiger charge is -2.12. The summed E-state index contributed by atoms with van der Waals surface area (Å²) in [4.78, 5) is 0. The summed E-state index contributed by atoms with van der Waals surface area (Å²) in [5.41, 5.74) is 6.97. The standard InChI is InChI=1S/C20H24Cl2N6S/c1-11-17(13(3)27(5)25-11)9-23-20(29)24-19-12(2)26-28(14(19)4)10-15-6-7-16(21)8-18(15)22/h6-8H,9-10H2,1-5H3,(H2,23,24,29). The molecule has 0 radical (unpaired) electrons. The van der Waals surface area contributed by atoms with Gasteiger partial charge in [0.2, 0.25) is 0 Å². The van der Waals surface area contributed by atoms with Gasteiger partial charge in [-0.3, -0.25) is 9.36 Å². The molecule has 0 aliphatic carbocycles. The van der Waals surface area contributed by atoms with Crippen LogP contribution in [0.3, 0.4) is 0 Å². The second-order valence-corrected chi connectivity index (χ2v) is 8.27. The van der Waals surface area contributed by atoms with Gasteiger partial charge in [0.25, 0.3) is 0 Å². The van der Waals surface area contributed by atoms with Gasteiger partial charge in [0.15, 0.2) is 5.11 Å². The van der Waals surface area contributed by atoms with Crippen LogP contribution in [0, 0.1) is 27.7 Å². The highest BCUT2D eigenvalue weighted by Gasteiger charge is 2.15. The van der Waals surface area contributed by atoms with E-state index in [1.807, 2.05) is 56.2 Å². The van der Waals surface area contributed by atoms with Crippen molar-refractivity contribution < 1.29 is 0 Å². The number of nitrogens with one attached hydrogen (secondary N) is 2. The Morgan fingerprint density at radius 3 is 2.41 bits per heavy atom. The van der Waals surface area contributed by atoms with E-state index in [9.17, 15) is 0 Å². The summed E-state index contributed by atoms with van der Waals surface area (Å²) in [6.45, 7) is 9.18. The van der Waals surface area contributed by atoms with Crippen LogP contribution in [-0.4, -0.2) is 24.7 Å². The molecule has 0 aliphatic heterocycles. The summed E-state index contributed by atoms with van der Waals surface area (Å²) in [5.74, 6) is 0. The van der Waals surface area contributed by atoms with Crippen molar-refractivity contribution in [3.8, 4) is 0 Å². The minimum atomic E-state index is 0.544. The average molecular weight is 451 g/mol. The van der Waals surface area contributed by atoms with Crippen molar-refractivity contribution in [2.75, 3.05) is 5.32 Å². The van der Waals surface area contributed by atoms with Crippen LogP contribution in [0.1, 0.15) is 33.9 Å². The Labute approximate surface area is 186 Å². The number of anilines is 1. The van der Waals surface area contributed by atoms with E-state index in [4.69, 9.17) is 35.4 Å². The summed E-state index contributed by atoms with van der Waals surface area (Å²) < 4.78 is 3.79. The fourth-order valence-corrected chi connectivity index (χ4v) is 3.89. The van der Waals surface area contributed by atoms with E-state index in [1.54, 1.807) is 6.07 Å². The van der Waals surface area contributed by atoms with E-state index in [0.29, 0.717) is 28.2 Å². The zero-order valence-electron chi connectivity index (χ0n) is 17.1. The first-order valence-electron chi connectivity index (χ1n) is 9.19. The van der Waals surface area contributed by atoms with Gasteiger partial charge in [-0.25, -0.2) is 0 Å². The third-order valence-electron chi connectivity index (χ3n) is 5.04. The first-order chi connectivity index (χ1) is 13.7. The maximum absolute atomic E-state index is 6.31. The summed E-state index contributed by atoms with van der Waals surface area (Å²) in [5, 5.41) is 17.4. The molecule has 2 N–H and O–H groups in total. The molecule has 0 amide bonds. The molecule has 3 rings (SSSR count). The molecule has 2 heterocycles. The molecule has 0 spiro atoms. The molecule has 0 saturated carbocycles. The van der Waals surface area contributed by atoms with Gasteiger partial charge >= 0.3 is 0 Å². The zero-order valence-corrected chi connectivity index (χ0v) is 19.4. The lowest BCUT2D eigenvalue weighted by atomic mass is 10.2. The highest BCUT2D eigenvalue weighted by molar-refractivity contribution is 7.80. The predicted molar refractivity (Wildman–Crippen MR) is 123 cm³/mol. The third-order valence-corrected chi connectivity index (χ3v) is 5.87. The predicted octanol–water partition coefficient (Wildman–Crippen LogP) is 4.69. The van der Waals surface area contributed by atoms with Gasteiger partial charge in [0.05, 0.1) is 29.3 Å². The minimum absolute atomic E-state index is 0.544. The molecule has 0 bridgehead atoms. The molecule has 0 atom stereocenters. The fraction of sp³-hybridized carbons (Fsp3) is 0.350. The van der Waals surface area contributed by atoms with Crippen LogP contribution in [0.4, 0.5) is 5.69 Å². The Balaban J connectivity index is 1.70. The van der Waals surface area contributed by atoms with Crippen molar-refractivity contribution in [3.63, 3.8) is 0 Å². The first kappa shape index (κ1) is 21.6. The number of aromatic nitrogens is 4. The number of hydrogen-bond donors (Lipinski definition) is 2. The van der Waals surface area contributed by atoms with Crippen LogP contribution >= 0.6 is 35.4 Å². The van der Waals surface area contributed by atoms with Gasteiger partial charge in [0, 0.05) is 34.9 Å². The monoisotopic (exact) mass is 450 g/mol. The molecule has 0 aliphatic rings. The number of aryl methyl sites for hydroxylation is 3. The van der Waals surface area contributed by atoms with Crippen LogP contribution in [-0.2, 0) is 20.1 Å². The van der Waals surface area contributed by atoms with E-state index in [1.165, 1.54) is 0 Å². The normalized spacial score (nSPS) is 11.0. The second-order valence-electron chi connectivity index (χ2n) is 7.02. The van der Waals surface area contributed by atoms with Crippen molar-refractivity contribution in [2.24, 2.45) is 7.05 Å². The van der Waals surface area contributed by atoms with Gasteiger partial charge < -0.3 is 10.6 Å². The molecule has 0 unspecified atom stereocenters. The lowest BCUT2D eigenvalue weighted by Crippen LogP contribution is -2.28. The Bertz CT molecular complexity index is 1070. The molecule has 29 heavy (non-hydrogen) atoms. The first-order valence-corrected chi connectivity index (χ1v) is 10.4. The van der Waals surface area contributed by atoms with Crippen molar-refractivity contribution >= 4 is 46.2 Å². The van der Waals surface area contributed by atoms with Crippen LogP contribution in [0.15, 0.2) is 18.2 Å². The summed E-state index contributed by atoms with van der Waals surface area (Å²) >= 11 is 17.8. The Morgan fingerprint density at radius 2 is 1.79 bits per heavy atom. The van der Waals surface area contributed by atoms with E-state index < -0.39 is 0 Å². The number of hydrogen-bond acceptors (Lipinski definition) is 3. The third kappa shape index (κ3) is 4.74. The lowest BCUT2D eigenvalue weighted by molar-refractivity contribution is 0.659. The average Bonchev–Trinajstić information content (AvgIpc) is 3.05. The molecule has 0 fully saturated rings. The van der Waals surface area contributed by atoms with Gasteiger partial charge in [-0.05, 0) is 57.6 Å². The van der Waals surface area contributed by atoms with Crippen LogP contribution in [0.2, 0.25) is 10.0 Å². The molecular formula is C20H24Cl2N6S. The topological polar surface area (TPSA) is 59.7 Å².